The van der Waals surface area contributed by atoms with Crippen LogP contribution in [-0.4, -0.2) is 41.7 Å². The predicted molar refractivity (Wildman–Crippen MR) is 102 cm³/mol. The Hall–Kier alpha value is -1.46. The highest BCUT2D eigenvalue weighted by Crippen LogP contribution is 2.27. The Balaban J connectivity index is 1.71. The average Bonchev–Trinajstić information content (AvgIpc) is 2.60. The first-order valence-electron chi connectivity index (χ1n) is 8.77. The first-order chi connectivity index (χ1) is 12.0. The van der Waals surface area contributed by atoms with Crippen LogP contribution in [0, 0.1) is 0 Å². The van der Waals surface area contributed by atoms with E-state index in [4.69, 9.17) is 16.3 Å². The first kappa shape index (κ1) is 18.3. The summed E-state index contributed by atoms with van der Waals surface area (Å²) in [5.74, 6) is 0. The fourth-order valence-electron chi connectivity index (χ4n) is 3.32. The third kappa shape index (κ3) is 5.25. The van der Waals surface area contributed by atoms with Crippen molar-refractivity contribution >= 4 is 11.6 Å². The molecule has 1 saturated heterocycles. The van der Waals surface area contributed by atoms with Crippen molar-refractivity contribution in [3.05, 3.63) is 64.9 Å². The summed E-state index contributed by atoms with van der Waals surface area (Å²) >= 11 is 6.08. The Morgan fingerprint density at radius 1 is 1.20 bits per heavy atom. The molecule has 1 aliphatic rings. The van der Waals surface area contributed by atoms with Crippen molar-refractivity contribution in [2.24, 2.45) is 0 Å². The van der Waals surface area contributed by atoms with Crippen molar-refractivity contribution in [3.63, 3.8) is 0 Å². The van der Waals surface area contributed by atoms with Crippen LogP contribution in [0.5, 0.6) is 0 Å². The Morgan fingerprint density at radius 2 is 1.92 bits per heavy atom. The van der Waals surface area contributed by atoms with Gasteiger partial charge in [0.15, 0.2) is 0 Å². The van der Waals surface area contributed by atoms with Crippen molar-refractivity contribution < 1.29 is 4.74 Å². The van der Waals surface area contributed by atoms with E-state index >= 15 is 0 Å². The summed E-state index contributed by atoms with van der Waals surface area (Å²) in [7, 11) is 0. The van der Waals surface area contributed by atoms with Crippen molar-refractivity contribution in [3.8, 4) is 0 Å². The van der Waals surface area contributed by atoms with Gasteiger partial charge < -0.3 is 10.1 Å². The molecule has 0 spiro atoms. The van der Waals surface area contributed by atoms with Gasteiger partial charge in [-0.3, -0.25) is 9.88 Å². The molecule has 0 saturated carbocycles. The molecule has 0 aliphatic carbocycles. The molecular formula is C20H26ClN3O. The smallest absolute Gasteiger partial charge is 0.0753 e. The summed E-state index contributed by atoms with van der Waals surface area (Å²) in [5.41, 5.74) is 2.41. The molecular weight excluding hydrogens is 334 g/mol. The standard InChI is InChI=1S/C20H26ClN3O/c1-20(2)15-24(11-12-25-20)19(17-3-5-18(21)6-4-17)14-23-13-16-7-9-22-10-8-16/h3-10,19,23H,11-15H2,1-2H3. The van der Waals surface area contributed by atoms with Crippen LogP contribution in [0.2, 0.25) is 5.02 Å². The van der Waals surface area contributed by atoms with Crippen molar-refractivity contribution in [1.82, 2.24) is 15.2 Å². The van der Waals surface area contributed by atoms with Gasteiger partial charge in [-0.1, -0.05) is 23.7 Å². The molecule has 0 amide bonds. The fraction of sp³-hybridized carbons (Fsp3) is 0.450. The van der Waals surface area contributed by atoms with Gasteiger partial charge in [0.1, 0.15) is 0 Å². The number of nitrogens with zero attached hydrogens (tertiary/aromatic N) is 2. The maximum absolute atomic E-state index is 6.08. The van der Waals surface area contributed by atoms with Crippen LogP contribution >= 0.6 is 11.6 Å². The lowest BCUT2D eigenvalue weighted by atomic mass is 10.0. The van der Waals surface area contributed by atoms with Gasteiger partial charge in [0.05, 0.1) is 12.2 Å². The summed E-state index contributed by atoms with van der Waals surface area (Å²) < 4.78 is 5.88. The number of pyridine rings is 1. The normalized spacial score (nSPS) is 18.8. The van der Waals surface area contributed by atoms with E-state index in [2.05, 4.69) is 41.2 Å². The van der Waals surface area contributed by atoms with Crippen molar-refractivity contribution in [2.45, 2.75) is 32.0 Å². The summed E-state index contributed by atoms with van der Waals surface area (Å²) in [5, 5.41) is 4.37. The van der Waals surface area contributed by atoms with Gasteiger partial charge in [-0.2, -0.15) is 0 Å². The average molecular weight is 360 g/mol. The fourth-order valence-corrected chi connectivity index (χ4v) is 3.44. The summed E-state index contributed by atoms with van der Waals surface area (Å²) in [4.78, 5) is 6.58. The van der Waals surface area contributed by atoms with E-state index in [-0.39, 0.29) is 5.60 Å². The number of rotatable bonds is 6. The van der Waals surface area contributed by atoms with Gasteiger partial charge in [-0.25, -0.2) is 0 Å². The zero-order valence-electron chi connectivity index (χ0n) is 14.9. The zero-order chi connectivity index (χ0) is 17.7. The van der Waals surface area contributed by atoms with Gasteiger partial charge in [0, 0.05) is 49.6 Å². The van der Waals surface area contributed by atoms with Crippen LogP contribution in [0.3, 0.4) is 0 Å². The van der Waals surface area contributed by atoms with Gasteiger partial charge in [-0.05, 0) is 49.2 Å². The molecule has 0 bridgehead atoms. The lowest BCUT2D eigenvalue weighted by molar-refractivity contribution is -0.0974. The maximum atomic E-state index is 6.08. The minimum Gasteiger partial charge on any atom is -0.373 e. The van der Waals surface area contributed by atoms with E-state index in [1.165, 1.54) is 11.1 Å². The Morgan fingerprint density at radius 3 is 2.60 bits per heavy atom. The molecule has 5 heteroatoms. The molecule has 1 aromatic heterocycles. The number of nitrogens with one attached hydrogen (secondary N) is 1. The molecule has 1 fully saturated rings. The lowest BCUT2D eigenvalue weighted by Crippen LogP contribution is -2.51. The Bertz CT molecular complexity index is 660. The number of ether oxygens (including phenoxy) is 1. The van der Waals surface area contributed by atoms with Crippen LogP contribution in [0.15, 0.2) is 48.8 Å². The molecule has 1 unspecified atom stereocenters. The quantitative estimate of drug-likeness (QED) is 0.853. The predicted octanol–water partition coefficient (Wildman–Crippen LogP) is 3.68. The third-order valence-electron chi connectivity index (χ3n) is 4.57. The van der Waals surface area contributed by atoms with Gasteiger partial charge >= 0.3 is 0 Å². The van der Waals surface area contributed by atoms with Gasteiger partial charge in [0.25, 0.3) is 0 Å². The number of morpholine rings is 1. The highest BCUT2D eigenvalue weighted by Gasteiger charge is 2.31. The van der Waals surface area contributed by atoms with E-state index in [1.54, 1.807) is 0 Å². The van der Waals surface area contributed by atoms with E-state index in [0.717, 1.165) is 37.8 Å². The second kappa shape index (κ2) is 8.28. The summed E-state index contributed by atoms with van der Waals surface area (Å²) in [6.07, 6.45) is 3.66. The lowest BCUT2D eigenvalue weighted by Gasteiger charge is -2.42. The topological polar surface area (TPSA) is 37.4 Å². The van der Waals surface area contributed by atoms with Crippen molar-refractivity contribution in [1.29, 1.82) is 0 Å². The van der Waals surface area contributed by atoms with E-state index in [1.807, 2.05) is 36.7 Å². The highest BCUT2D eigenvalue weighted by atomic mass is 35.5. The highest BCUT2D eigenvalue weighted by molar-refractivity contribution is 6.30. The minimum absolute atomic E-state index is 0.117. The van der Waals surface area contributed by atoms with Crippen LogP contribution in [0.25, 0.3) is 0 Å². The Labute approximate surface area is 155 Å². The van der Waals surface area contributed by atoms with Crippen LogP contribution in [0.1, 0.15) is 31.0 Å². The van der Waals surface area contributed by atoms with Gasteiger partial charge in [-0.15, -0.1) is 0 Å². The Kier molecular flexibility index (Phi) is 6.07. The third-order valence-corrected chi connectivity index (χ3v) is 4.82. The number of benzene rings is 1. The molecule has 4 nitrogen and oxygen atoms in total. The second-order valence-electron chi connectivity index (χ2n) is 7.13. The van der Waals surface area contributed by atoms with Crippen molar-refractivity contribution in [2.75, 3.05) is 26.2 Å². The summed E-state index contributed by atoms with van der Waals surface area (Å²) in [6, 6.07) is 12.6. The molecule has 1 atom stereocenters. The molecule has 2 heterocycles. The van der Waals surface area contributed by atoms with Crippen LogP contribution in [0.4, 0.5) is 0 Å². The number of hydrogen-bond acceptors (Lipinski definition) is 4. The number of hydrogen-bond donors (Lipinski definition) is 1. The van der Waals surface area contributed by atoms with E-state index < -0.39 is 0 Å². The van der Waals surface area contributed by atoms with E-state index in [9.17, 15) is 0 Å². The SMILES string of the molecule is CC1(C)CN(C(CNCc2ccncc2)c2ccc(Cl)cc2)CCO1. The minimum atomic E-state index is -0.117. The molecule has 134 valence electrons. The molecule has 2 aromatic rings. The zero-order valence-corrected chi connectivity index (χ0v) is 15.7. The summed E-state index contributed by atoms with van der Waals surface area (Å²) in [6.45, 7) is 8.64. The monoisotopic (exact) mass is 359 g/mol. The van der Waals surface area contributed by atoms with Crippen LogP contribution in [-0.2, 0) is 11.3 Å². The van der Waals surface area contributed by atoms with Crippen LogP contribution < -0.4 is 5.32 Å². The molecule has 1 aromatic carbocycles. The number of halogens is 1. The molecule has 1 N–H and O–H groups in total. The van der Waals surface area contributed by atoms with Gasteiger partial charge in [0.2, 0.25) is 0 Å². The molecule has 1 aliphatic heterocycles. The molecule has 3 rings (SSSR count). The van der Waals surface area contributed by atoms with E-state index in [0.29, 0.717) is 6.04 Å². The number of aromatic nitrogens is 1. The molecule has 0 radical (unpaired) electrons. The largest absolute Gasteiger partial charge is 0.373 e. The second-order valence-corrected chi connectivity index (χ2v) is 7.57. The first-order valence-corrected chi connectivity index (χ1v) is 9.14. The molecule has 25 heavy (non-hydrogen) atoms. The maximum Gasteiger partial charge on any atom is 0.0753 e.